The van der Waals surface area contributed by atoms with Crippen molar-refractivity contribution in [1.29, 1.82) is 0 Å². The highest BCUT2D eigenvalue weighted by molar-refractivity contribution is 7.99. The summed E-state index contributed by atoms with van der Waals surface area (Å²) >= 11 is 2.15. The Morgan fingerprint density at radius 1 is 1.45 bits per heavy atom. The van der Waals surface area contributed by atoms with Crippen LogP contribution in [0.15, 0.2) is 0 Å². The van der Waals surface area contributed by atoms with Crippen molar-refractivity contribution in [3.63, 3.8) is 0 Å². The largest absolute Gasteiger partial charge is 0.300 e. The molecule has 0 bridgehead atoms. The molecular weight excluding hydrogens is 154 g/mol. The smallest absolute Gasteiger partial charge is 0.0140 e. The van der Waals surface area contributed by atoms with Crippen molar-refractivity contribution in [1.82, 2.24) is 4.90 Å². The van der Waals surface area contributed by atoms with E-state index in [4.69, 9.17) is 0 Å². The first-order valence-corrected chi connectivity index (χ1v) is 5.74. The van der Waals surface area contributed by atoms with E-state index in [1.54, 1.807) is 0 Å². The Balaban J connectivity index is 2.05. The van der Waals surface area contributed by atoms with E-state index in [1.165, 1.54) is 24.3 Å². The lowest BCUT2D eigenvalue weighted by Crippen LogP contribution is -2.35. The van der Waals surface area contributed by atoms with Crippen LogP contribution < -0.4 is 0 Å². The maximum Gasteiger partial charge on any atom is 0.0140 e. The average molecular weight is 171 g/mol. The molecule has 2 heterocycles. The fraction of sp³-hybridized carbons (Fsp3) is 1.00. The van der Waals surface area contributed by atoms with Gasteiger partial charge in [0.15, 0.2) is 0 Å². The second-order valence-electron chi connectivity index (χ2n) is 3.94. The SMILES string of the molecule is CC1CC2CSCCC2N1C. The molecule has 1 nitrogen and oxygen atoms in total. The Morgan fingerprint density at radius 3 is 3.00 bits per heavy atom. The van der Waals surface area contributed by atoms with Crippen LogP contribution in [0.5, 0.6) is 0 Å². The molecule has 0 aromatic carbocycles. The van der Waals surface area contributed by atoms with Crippen molar-refractivity contribution in [3.8, 4) is 0 Å². The number of hydrogen-bond acceptors (Lipinski definition) is 2. The van der Waals surface area contributed by atoms with Gasteiger partial charge in [-0.15, -0.1) is 0 Å². The molecule has 11 heavy (non-hydrogen) atoms. The maximum atomic E-state index is 2.59. The van der Waals surface area contributed by atoms with Gasteiger partial charge < -0.3 is 4.90 Å². The number of nitrogens with zero attached hydrogens (tertiary/aromatic N) is 1. The zero-order valence-electron chi connectivity index (χ0n) is 7.42. The van der Waals surface area contributed by atoms with Crippen LogP contribution in [0.25, 0.3) is 0 Å². The van der Waals surface area contributed by atoms with Crippen molar-refractivity contribution in [2.24, 2.45) is 5.92 Å². The van der Waals surface area contributed by atoms with Crippen LogP contribution in [0.1, 0.15) is 19.8 Å². The van der Waals surface area contributed by atoms with Gasteiger partial charge in [-0.1, -0.05) is 0 Å². The zero-order valence-corrected chi connectivity index (χ0v) is 8.23. The van der Waals surface area contributed by atoms with E-state index < -0.39 is 0 Å². The molecule has 0 aromatic rings. The first kappa shape index (κ1) is 7.93. The van der Waals surface area contributed by atoms with Crippen LogP contribution in [-0.4, -0.2) is 35.5 Å². The van der Waals surface area contributed by atoms with Gasteiger partial charge in [0.2, 0.25) is 0 Å². The molecule has 3 atom stereocenters. The molecule has 2 fully saturated rings. The topological polar surface area (TPSA) is 3.24 Å². The van der Waals surface area contributed by atoms with Gasteiger partial charge in [-0.2, -0.15) is 11.8 Å². The first-order chi connectivity index (χ1) is 5.29. The molecule has 0 saturated carbocycles. The van der Waals surface area contributed by atoms with Gasteiger partial charge in [0.05, 0.1) is 0 Å². The summed E-state index contributed by atoms with van der Waals surface area (Å²) in [4.78, 5) is 2.59. The van der Waals surface area contributed by atoms with Crippen LogP contribution in [0.3, 0.4) is 0 Å². The van der Waals surface area contributed by atoms with Crippen molar-refractivity contribution < 1.29 is 0 Å². The maximum absolute atomic E-state index is 2.59. The van der Waals surface area contributed by atoms with Crippen molar-refractivity contribution >= 4 is 11.8 Å². The van der Waals surface area contributed by atoms with Crippen LogP contribution >= 0.6 is 11.8 Å². The third-order valence-corrected chi connectivity index (χ3v) is 4.48. The number of hydrogen-bond donors (Lipinski definition) is 0. The second-order valence-corrected chi connectivity index (χ2v) is 5.09. The summed E-state index contributed by atoms with van der Waals surface area (Å²) in [6, 6.07) is 1.76. The Hall–Kier alpha value is 0.310. The van der Waals surface area contributed by atoms with Gasteiger partial charge in [0, 0.05) is 12.1 Å². The lowest BCUT2D eigenvalue weighted by atomic mass is 9.99. The third kappa shape index (κ3) is 1.31. The lowest BCUT2D eigenvalue weighted by molar-refractivity contribution is 0.231. The van der Waals surface area contributed by atoms with E-state index in [1.807, 2.05) is 0 Å². The highest BCUT2D eigenvalue weighted by Gasteiger charge is 2.37. The van der Waals surface area contributed by atoms with Gasteiger partial charge in [-0.3, -0.25) is 0 Å². The predicted octanol–water partition coefficient (Wildman–Crippen LogP) is 1.83. The summed E-state index contributed by atoms with van der Waals surface area (Å²) in [5, 5.41) is 0. The fourth-order valence-electron chi connectivity index (χ4n) is 2.48. The molecule has 0 radical (unpaired) electrons. The highest BCUT2D eigenvalue weighted by Crippen LogP contribution is 2.36. The van der Waals surface area contributed by atoms with E-state index in [0.717, 1.165) is 18.0 Å². The molecule has 2 heteroatoms. The van der Waals surface area contributed by atoms with E-state index in [0.29, 0.717) is 0 Å². The first-order valence-electron chi connectivity index (χ1n) is 4.58. The molecule has 64 valence electrons. The minimum atomic E-state index is 0.837. The average Bonchev–Trinajstić information content (AvgIpc) is 2.30. The van der Waals surface area contributed by atoms with E-state index in [9.17, 15) is 0 Å². The van der Waals surface area contributed by atoms with Crippen molar-refractivity contribution in [3.05, 3.63) is 0 Å². The summed E-state index contributed by atoms with van der Waals surface area (Å²) < 4.78 is 0. The minimum Gasteiger partial charge on any atom is -0.300 e. The van der Waals surface area contributed by atoms with Crippen LogP contribution in [0, 0.1) is 5.92 Å². The molecule has 2 saturated heterocycles. The van der Waals surface area contributed by atoms with Gasteiger partial charge >= 0.3 is 0 Å². The van der Waals surface area contributed by atoms with Crippen LogP contribution in [0.4, 0.5) is 0 Å². The predicted molar refractivity (Wildman–Crippen MR) is 51.1 cm³/mol. The Morgan fingerprint density at radius 2 is 2.27 bits per heavy atom. The second kappa shape index (κ2) is 2.98. The highest BCUT2D eigenvalue weighted by atomic mass is 32.2. The minimum absolute atomic E-state index is 0.837. The third-order valence-electron chi connectivity index (χ3n) is 3.30. The molecule has 2 rings (SSSR count). The molecule has 0 aliphatic carbocycles. The van der Waals surface area contributed by atoms with E-state index in [2.05, 4.69) is 30.6 Å². The summed E-state index contributed by atoms with van der Waals surface area (Å²) in [7, 11) is 2.30. The van der Waals surface area contributed by atoms with Gasteiger partial charge in [-0.25, -0.2) is 0 Å². The molecule has 2 aliphatic heterocycles. The molecular formula is C9H17NS. The lowest BCUT2D eigenvalue weighted by Gasteiger charge is -2.29. The standard InChI is InChI=1S/C9H17NS/c1-7-5-8-6-11-4-3-9(8)10(7)2/h7-9H,3-6H2,1-2H3. The molecule has 0 spiro atoms. The van der Waals surface area contributed by atoms with Crippen LogP contribution in [0.2, 0.25) is 0 Å². The summed E-state index contributed by atoms with van der Waals surface area (Å²) in [5.41, 5.74) is 0. The van der Waals surface area contributed by atoms with E-state index in [-0.39, 0.29) is 0 Å². The summed E-state index contributed by atoms with van der Waals surface area (Å²) in [6.45, 7) is 2.36. The Bertz CT molecular complexity index is 148. The molecule has 2 aliphatic rings. The molecule has 0 amide bonds. The molecule has 0 aromatic heterocycles. The number of fused-ring (bicyclic) bond motifs is 1. The number of rotatable bonds is 0. The summed E-state index contributed by atoms with van der Waals surface area (Å²) in [5.74, 6) is 3.81. The molecule has 3 unspecified atom stereocenters. The van der Waals surface area contributed by atoms with Gasteiger partial charge in [-0.05, 0) is 44.2 Å². The monoisotopic (exact) mass is 171 g/mol. The summed E-state index contributed by atoms with van der Waals surface area (Å²) in [6.07, 6.45) is 2.87. The van der Waals surface area contributed by atoms with Crippen molar-refractivity contribution in [2.45, 2.75) is 31.8 Å². The van der Waals surface area contributed by atoms with Gasteiger partial charge in [0.1, 0.15) is 0 Å². The van der Waals surface area contributed by atoms with Gasteiger partial charge in [0.25, 0.3) is 0 Å². The fourth-order valence-corrected chi connectivity index (χ4v) is 3.71. The molecule has 0 N–H and O–H groups in total. The van der Waals surface area contributed by atoms with Crippen molar-refractivity contribution in [2.75, 3.05) is 18.6 Å². The number of likely N-dealkylation sites (tertiary alicyclic amines) is 1. The zero-order chi connectivity index (χ0) is 7.84. The van der Waals surface area contributed by atoms with Crippen LogP contribution in [-0.2, 0) is 0 Å². The quantitative estimate of drug-likeness (QED) is 0.547. The normalized spacial score (nSPS) is 45.8. The Labute approximate surface area is 73.5 Å². The van der Waals surface area contributed by atoms with E-state index >= 15 is 0 Å². The Kier molecular flexibility index (Phi) is 2.15. The number of thioether (sulfide) groups is 1.